The third kappa shape index (κ3) is 5.41. The minimum Gasteiger partial charge on any atom is -0.309 e. The van der Waals surface area contributed by atoms with Gasteiger partial charge in [-0.15, -0.1) is 11.3 Å². The van der Waals surface area contributed by atoms with Gasteiger partial charge in [0.05, 0.1) is 0 Å². The zero-order chi connectivity index (χ0) is 15.1. The molecule has 120 valence electrons. The van der Waals surface area contributed by atoms with E-state index in [2.05, 4.69) is 43.5 Å². The summed E-state index contributed by atoms with van der Waals surface area (Å²) in [6.07, 6.45) is 12.1. The summed E-state index contributed by atoms with van der Waals surface area (Å²) < 4.78 is 0. The molecule has 1 nitrogen and oxygen atoms in total. The van der Waals surface area contributed by atoms with Crippen molar-refractivity contribution in [1.29, 1.82) is 0 Å². The molecule has 2 heteroatoms. The first kappa shape index (κ1) is 17.0. The topological polar surface area (TPSA) is 12.0 Å². The standard InChI is InChI=1S/C19H33NS/c1-4-13-20-17(11-8-9-15(2)3)19-14-16-10-6-5-7-12-18(16)21-19/h14-15,17,20H,4-13H2,1-3H3. The maximum atomic E-state index is 3.79. The van der Waals surface area contributed by atoms with Gasteiger partial charge < -0.3 is 5.32 Å². The van der Waals surface area contributed by atoms with Crippen LogP contribution < -0.4 is 5.32 Å². The normalized spacial score (nSPS) is 16.8. The van der Waals surface area contributed by atoms with E-state index in [4.69, 9.17) is 0 Å². The molecule has 0 saturated carbocycles. The number of fused-ring (bicyclic) bond motifs is 1. The van der Waals surface area contributed by atoms with Crippen LogP contribution in [-0.2, 0) is 12.8 Å². The van der Waals surface area contributed by atoms with Crippen LogP contribution in [0.1, 0.15) is 87.1 Å². The highest BCUT2D eigenvalue weighted by Gasteiger charge is 2.18. The number of aryl methyl sites for hydroxylation is 2. The van der Waals surface area contributed by atoms with Gasteiger partial charge in [0.1, 0.15) is 0 Å². The zero-order valence-electron chi connectivity index (χ0n) is 14.2. The van der Waals surface area contributed by atoms with Crippen LogP contribution in [-0.4, -0.2) is 6.54 Å². The predicted molar refractivity (Wildman–Crippen MR) is 95.3 cm³/mol. The third-order valence-electron chi connectivity index (χ3n) is 4.52. The predicted octanol–water partition coefficient (Wildman–Crippen LogP) is 5.88. The quantitative estimate of drug-likeness (QED) is 0.591. The first-order valence-corrected chi connectivity index (χ1v) is 9.87. The molecule has 0 aromatic carbocycles. The molecule has 21 heavy (non-hydrogen) atoms. The summed E-state index contributed by atoms with van der Waals surface area (Å²) in [6, 6.07) is 3.13. The second-order valence-corrected chi connectivity index (χ2v) is 8.16. The Bertz CT molecular complexity index is 384. The summed E-state index contributed by atoms with van der Waals surface area (Å²) in [4.78, 5) is 3.30. The fourth-order valence-corrected chi connectivity index (χ4v) is 4.62. The number of nitrogens with one attached hydrogen (secondary N) is 1. The molecule has 0 bridgehead atoms. The second kappa shape index (κ2) is 8.95. The lowest BCUT2D eigenvalue weighted by molar-refractivity contribution is 0.452. The molecule has 0 amide bonds. The van der Waals surface area contributed by atoms with Crippen molar-refractivity contribution in [3.05, 3.63) is 21.4 Å². The lowest BCUT2D eigenvalue weighted by Crippen LogP contribution is -2.21. The fourth-order valence-electron chi connectivity index (χ4n) is 3.26. The fraction of sp³-hybridized carbons (Fsp3) is 0.789. The Kier molecular flexibility index (Phi) is 7.25. The monoisotopic (exact) mass is 307 g/mol. The van der Waals surface area contributed by atoms with Crippen LogP contribution in [0.2, 0.25) is 0 Å². The Morgan fingerprint density at radius 1 is 1.14 bits per heavy atom. The number of hydrogen-bond donors (Lipinski definition) is 1. The van der Waals surface area contributed by atoms with Gasteiger partial charge in [-0.2, -0.15) is 0 Å². The minimum absolute atomic E-state index is 0.598. The SMILES string of the molecule is CCCNC(CCCC(C)C)c1cc2c(s1)CCCCC2. The van der Waals surface area contributed by atoms with Crippen LogP contribution in [0.3, 0.4) is 0 Å². The molecule has 2 rings (SSSR count). The molecule has 1 aromatic heterocycles. The van der Waals surface area contributed by atoms with Crippen molar-refractivity contribution in [2.75, 3.05) is 6.54 Å². The maximum Gasteiger partial charge on any atom is 0.0414 e. The summed E-state index contributed by atoms with van der Waals surface area (Å²) in [6.45, 7) is 8.08. The van der Waals surface area contributed by atoms with E-state index in [1.807, 2.05) is 0 Å². The van der Waals surface area contributed by atoms with Crippen LogP contribution in [0.5, 0.6) is 0 Å². The van der Waals surface area contributed by atoms with Crippen LogP contribution in [0.25, 0.3) is 0 Å². The first-order valence-electron chi connectivity index (χ1n) is 9.05. The summed E-state index contributed by atoms with van der Waals surface area (Å²) >= 11 is 2.10. The molecule has 1 aromatic rings. The molecule has 0 aliphatic heterocycles. The van der Waals surface area contributed by atoms with E-state index in [0.717, 1.165) is 12.5 Å². The van der Waals surface area contributed by atoms with Gasteiger partial charge in [0.25, 0.3) is 0 Å². The molecule has 0 radical (unpaired) electrons. The smallest absolute Gasteiger partial charge is 0.0414 e. The number of rotatable bonds is 8. The summed E-state index contributed by atoms with van der Waals surface area (Å²) in [7, 11) is 0. The van der Waals surface area contributed by atoms with Crippen molar-refractivity contribution < 1.29 is 0 Å². The van der Waals surface area contributed by atoms with Gasteiger partial charge in [0.2, 0.25) is 0 Å². The van der Waals surface area contributed by atoms with Gasteiger partial charge in [0, 0.05) is 15.8 Å². The molecule has 1 aliphatic rings. The number of hydrogen-bond acceptors (Lipinski definition) is 2. The summed E-state index contributed by atoms with van der Waals surface area (Å²) in [5, 5.41) is 3.79. The first-order chi connectivity index (χ1) is 10.2. The van der Waals surface area contributed by atoms with E-state index in [-0.39, 0.29) is 0 Å². The zero-order valence-corrected chi connectivity index (χ0v) is 15.0. The van der Waals surface area contributed by atoms with Crippen LogP contribution in [0.4, 0.5) is 0 Å². The lowest BCUT2D eigenvalue weighted by Gasteiger charge is -2.18. The van der Waals surface area contributed by atoms with Crippen molar-refractivity contribution >= 4 is 11.3 Å². The Hall–Kier alpha value is -0.340. The Labute approximate surface area is 135 Å². The second-order valence-electron chi connectivity index (χ2n) is 6.99. The average molecular weight is 308 g/mol. The summed E-state index contributed by atoms with van der Waals surface area (Å²) in [5.74, 6) is 0.830. The highest BCUT2D eigenvalue weighted by Crippen LogP contribution is 2.34. The van der Waals surface area contributed by atoms with Crippen LogP contribution in [0.15, 0.2) is 6.07 Å². The molecule has 0 fully saturated rings. The molecule has 1 aliphatic carbocycles. The Balaban J connectivity index is 2.01. The average Bonchev–Trinajstić information content (AvgIpc) is 2.73. The highest BCUT2D eigenvalue weighted by atomic mass is 32.1. The molecule has 1 unspecified atom stereocenters. The van der Waals surface area contributed by atoms with Crippen molar-refractivity contribution in [2.45, 2.75) is 84.6 Å². The van der Waals surface area contributed by atoms with Gasteiger partial charge >= 0.3 is 0 Å². The van der Waals surface area contributed by atoms with E-state index >= 15 is 0 Å². The molecule has 1 heterocycles. The lowest BCUT2D eigenvalue weighted by atomic mass is 10.0. The van der Waals surface area contributed by atoms with Gasteiger partial charge in [-0.05, 0) is 62.6 Å². The van der Waals surface area contributed by atoms with Crippen LogP contribution in [0, 0.1) is 5.92 Å². The highest BCUT2D eigenvalue weighted by molar-refractivity contribution is 7.12. The van der Waals surface area contributed by atoms with Crippen LogP contribution >= 0.6 is 11.3 Å². The van der Waals surface area contributed by atoms with E-state index in [0.29, 0.717) is 6.04 Å². The van der Waals surface area contributed by atoms with E-state index < -0.39 is 0 Å². The van der Waals surface area contributed by atoms with Gasteiger partial charge in [0.15, 0.2) is 0 Å². The maximum absolute atomic E-state index is 3.79. The summed E-state index contributed by atoms with van der Waals surface area (Å²) in [5.41, 5.74) is 1.67. The van der Waals surface area contributed by atoms with Crippen molar-refractivity contribution in [3.63, 3.8) is 0 Å². The van der Waals surface area contributed by atoms with E-state index in [1.54, 1.807) is 15.3 Å². The molecular weight excluding hydrogens is 274 g/mol. The molecule has 0 spiro atoms. The molecule has 0 saturated heterocycles. The van der Waals surface area contributed by atoms with Crippen molar-refractivity contribution in [2.24, 2.45) is 5.92 Å². The Morgan fingerprint density at radius 2 is 1.95 bits per heavy atom. The van der Waals surface area contributed by atoms with Gasteiger partial charge in [-0.1, -0.05) is 40.0 Å². The molecule has 1 atom stereocenters. The Morgan fingerprint density at radius 3 is 2.71 bits per heavy atom. The minimum atomic E-state index is 0.598. The van der Waals surface area contributed by atoms with Gasteiger partial charge in [-0.25, -0.2) is 0 Å². The van der Waals surface area contributed by atoms with E-state index in [1.165, 1.54) is 57.8 Å². The van der Waals surface area contributed by atoms with E-state index in [9.17, 15) is 0 Å². The largest absolute Gasteiger partial charge is 0.309 e. The molecular formula is C19H33NS. The number of thiophene rings is 1. The van der Waals surface area contributed by atoms with Crippen molar-refractivity contribution in [1.82, 2.24) is 5.32 Å². The molecule has 1 N–H and O–H groups in total. The third-order valence-corrected chi connectivity index (χ3v) is 5.87. The van der Waals surface area contributed by atoms with Crippen molar-refractivity contribution in [3.8, 4) is 0 Å². The van der Waals surface area contributed by atoms with Gasteiger partial charge in [-0.3, -0.25) is 0 Å².